The summed E-state index contributed by atoms with van der Waals surface area (Å²) in [6, 6.07) is 0. The van der Waals surface area contributed by atoms with E-state index < -0.39 is 0 Å². The predicted molar refractivity (Wildman–Crippen MR) is 80.7 cm³/mol. The van der Waals surface area contributed by atoms with Gasteiger partial charge in [-0.15, -0.1) is 24.8 Å². The van der Waals surface area contributed by atoms with Gasteiger partial charge in [0.05, 0.1) is 0 Å². The molecule has 0 atom stereocenters. The van der Waals surface area contributed by atoms with E-state index in [2.05, 4.69) is 30.2 Å². The number of rotatable bonds is 1. The van der Waals surface area contributed by atoms with Crippen molar-refractivity contribution in [2.75, 3.05) is 31.1 Å². The molecule has 6 nitrogen and oxygen atoms in total. The third-order valence-corrected chi connectivity index (χ3v) is 2.97. The molecule has 1 fully saturated rings. The molecule has 0 amide bonds. The zero-order valence-electron chi connectivity index (χ0n) is 10.9. The van der Waals surface area contributed by atoms with Crippen molar-refractivity contribution in [1.82, 2.24) is 25.3 Å². The highest BCUT2D eigenvalue weighted by Gasteiger charge is 2.18. The van der Waals surface area contributed by atoms with E-state index in [0.29, 0.717) is 0 Å². The van der Waals surface area contributed by atoms with Crippen molar-refractivity contribution in [2.24, 2.45) is 0 Å². The number of H-pyrrole nitrogens is 1. The Morgan fingerprint density at radius 3 is 2.37 bits per heavy atom. The van der Waals surface area contributed by atoms with E-state index in [1.54, 1.807) is 0 Å². The summed E-state index contributed by atoms with van der Waals surface area (Å²) in [5, 5.41) is 3.34. The summed E-state index contributed by atoms with van der Waals surface area (Å²) in [6.45, 7) is 7.79. The Labute approximate surface area is 124 Å². The van der Waals surface area contributed by atoms with Gasteiger partial charge in [0.15, 0.2) is 17.0 Å². The maximum absolute atomic E-state index is 4.54. The second-order valence-corrected chi connectivity index (χ2v) is 4.35. The first-order chi connectivity index (χ1) is 8.24. The average Bonchev–Trinajstić information content (AvgIpc) is 2.69. The maximum Gasteiger partial charge on any atom is 0.163 e. The molecule has 0 saturated carbocycles. The van der Waals surface area contributed by atoms with Crippen LogP contribution in [-0.2, 0) is 0 Å². The molecule has 1 aliphatic heterocycles. The van der Waals surface area contributed by atoms with Crippen molar-refractivity contribution in [2.45, 2.75) is 13.8 Å². The molecule has 1 aliphatic rings. The normalized spacial score (nSPS) is 14.9. The lowest BCUT2D eigenvalue weighted by molar-refractivity contribution is 0.585. The highest BCUT2D eigenvalue weighted by molar-refractivity contribution is 5.85. The molecule has 0 unspecified atom stereocenters. The summed E-state index contributed by atoms with van der Waals surface area (Å²) in [5.41, 5.74) is 1.72. The van der Waals surface area contributed by atoms with E-state index >= 15 is 0 Å². The second-order valence-electron chi connectivity index (χ2n) is 4.35. The van der Waals surface area contributed by atoms with Crippen molar-refractivity contribution in [3.8, 4) is 0 Å². The van der Waals surface area contributed by atoms with Crippen LogP contribution in [0.3, 0.4) is 0 Å². The van der Waals surface area contributed by atoms with E-state index in [1.165, 1.54) is 0 Å². The zero-order chi connectivity index (χ0) is 11.8. The highest BCUT2D eigenvalue weighted by atomic mass is 35.5. The predicted octanol–water partition coefficient (Wildman–Crippen LogP) is 1.22. The summed E-state index contributed by atoms with van der Waals surface area (Å²) in [7, 11) is 0. The number of aryl methyl sites for hydroxylation is 2. The molecule has 8 heteroatoms. The van der Waals surface area contributed by atoms with Gasteiger partial charge in [-0.2, -0.15) is 0 Å². The molecule has 2 aromatic heterocycles. The van der Waals surface area contributed by atoms with Crippen LogP contribution in [0.4, 0.5) is 5.82 Å². The van der Waals surface area contributed by atoms with E-state index in [-0.39, 0.29) is 24.8 Å². The largest absolute Gasteiger partial charge is 0.352 e. The van der Waals surface area contributed by atoms with Gasteiger partial charge in [0.1, 0.15) is 11.6 Å². The minimum Gasteiger partial charge on any atom is -0.352 e. The number of piperazine rings is 1. The Bertz CT molecular complexity index is 549. The SMILES string of the molecule is Cc1nc(N2CCNCC2)c2nc(C)[nH]c2n1.Cl.Cl. The lowest BCUT2D eigenvalue weighted by atomic mass is 10.3. The molecule has 3 rings (SSSR count). The fraction of sp³-hybridized carbons (Fsp3) is 0.545. The van der Waals surface area contributed by atoms with E-state index in [1.807, 2.05) is 13.8 Å². The number of nitrogens with zero attached hydrogens (tertiary/aromatic N) is 4. The maximum atomic E-state index is 4.54. The smallest absolute Gasteiger partial charge is 0.163 e. The number of aromatic amines is 1. The summed E-state index contributed by atoms with van der Waals surface area (Å²) in [4.78, 5) is 18.9. The van der Waals surface area contributed by atoms with Crippen LogP contribution in [0.5, 0.6) is 0 Å². The molecular formula is C11H18Cl2N6. The molecule has 0 bridgehead atoms. The molecule has 0 spiro atoms. The Morgan fingerprint density at radius 2 is 1.68 bits per heavy atom. The van der Waals surface area contributed by atoms with Gasteiger partial charge in [-0.1, -0.05) is 0 Å². The lowest BCUT2D eigenvalue weighted by Gasteiger charge is -2.28. The van der Waals surface area contributed by atoms with Gasteiger partial charge < -0.3 is 15.2 Å². The number of hydrogen-bond donors (Lipinski definition) is 2. The topological polar surface area (TPSA) is 69.7 Å². The Hall–Kier alpha value is -1.11. The second kappa shape index (κ2) is 6.36. The van der Waals surface area contributed by atoms with Crippen molar-refractivity contribution in [3.05, 3.63) is 11.6 Å². The summed E-state index contributed by atoms with van der Waals surface area (Å²) < 4.78 is 0. The number of fused-ring (bicyclic) bond motifs is 1. The third-order valence-electron chi connectivity index (χ3n) is 2.97. The number of halogens is 2. The minimum absolute atomic E-state index is 0. The number of imidazole rings is 1. The standard InChI is InChI=1S/C11H16N6.2ClH/c1-7-13-9-10(14-7)15-8(2)16-11(9)17-5-3-12-4-6-17;;/h12H,3-6H2,1-2H3,(H,13,14,15,16);2*1H. The fourth-order valence-electron chi connectivity index (χ4n) is 2.21. The van der Waals surface area contributed by atoms with Crippen LogP contribution in [0.25, 0.3) is 11.2 Å². The van der Waals surface area contributed by atoms with Gasteiger partial charge in [0, 0.05) is 26.2 Å². The van der Waals surface area contributed by atoms with Crippen LogP contribution in [-0.4, -0.2) is 46.1 Å². The Balaban J connectivity index is 0.000000902. The van der Waals surface area contributed by atoms with Crippen LogP contribution in [0.1, 0.15) is 11.6 Å². The fourth-order valence-corrected chi connectivity index (χ4v) is 2.21. The number of aromatic nitrogens is 4. The zero-order valence-corrected chi connectivity index (χ0v) is 12.6. The Kier molecular flexibility index (Phi) is 5.34. The summed E-state index contributed by atoms with van der Waals surface area (Å²) >= 11 is 0. The van der Waals surface area contributed by atoms with Crippen molar-refractivity contribution in [1.29, 1.82) is 0 Å². The molecule has 19 heavy (non-hydrogen) atoms. The third kappa shape index (κ3) is 3.08. The molecule has 0 radical (unpaired) electrons. The summed E-state index contributed by atoms with van der Waals surface area (Å²) in [5.74, 6) is 2.63. The van der Waals surface area contributed by atoms with E-state index in [0.717, 1.165) is 54.8 Å². The molecule has 3 heterocycles. The quantitative estimate of drug-likeness (QED) is 0.829. The molecular weight excluding hydrogens is 287 g/mol. The van der Waals surface area contributed by atoms with Gasteiger partial charge in [0.25, 0.3) is 0 Å². The van der Waals surface area contributed by atoms with E-state index in [9.17, 15) is 0 Å². The van der Waals surface area contributed by atoms with Gasteiger partial charge in [-0.3, -0.25) is 0 Å². The molecule has 2 aromatic rings. The first-order valence-electron chi connectivity index (χ1n) is 5.90. The molecule has 2 N–H and O–H groups in total. The van der Waals surface area contributed by atoms with Gasteiger partial charge in [-0.25, -0.2) is 15.0 Å². The average molecular weight is 305 g/mol. The first-order valence-corrected chi connectivity index (χ1v) is 5.90. The van der Waals surface area contributed by atoms with Crippen LogP contribution in [0.15, 0.2) is 0 Å². The van der Waals surface area contributed by atoms with Crippen molar-refractivity contribution >= 4 is 41.8 Å². The Morgan fingerprint density at radius 1 is 1.00 bits per heavy atom. The molecule has 1 saturated heterocycles. The van der Waals surface area contributed by atoms with Crippen molar-refractivity contribution < 1.29 is 0 Å². The first kappa shape index (κ1) is 15.9. The van der Waals surface area contributed by atoms with Crippen molar-refractivity contribution in [3.63, 3.8) is 0 Å². The van der Waals surface area contributed by atoms with Gasteiger partial charge in [-0.05, 0) is 13.8 Å². The number of hydrogen-bond acceptors (Lipinski definition) is 5. The highest BCUT2D eigenvalue weighted by Crippen LogP contribution is 2.22. The lowest BCUT2D eigenvalue weighted by Crippen LogP contribution is -2.44. The monoisotopic (exact) mass is 304 g/mol. The van der Waals surface area contributed by atoms with Gasteiger partial charge >= 0.3 is 0 Å². The summed E-state index contributed by atoms with van der Waals surface area (Å²) in [6.07, 6.45) is 0. The molecule has 0 aliphatic carbocycles. The molecule has 106 valence electrons. The van der Waals surface area contributed by atoms with E-state index in [4.69, 9.17) is 0 Å². The molecule has 0 aromatic carbocycles. The van der Waals surface area contributed by atoms with Crippen LogP contribution < -0.4 is 10.2 Å². The van der Waals surface area contributed by atoms with Crippen LogP contribution in [0, 0.1) is 13.8 Å². The van der Waals surface area contributed by atoms with Gasteiger partial charge in [0.2, 0.25) is 0 Å². The minimum atomic E-state index is 0. The van der Waals surface area contributed by atoms with Crippen LogP contribution >= 0.6 is 24.8 Å². The number of anilines is 1. The number of nitrogens with one attached hydrogen (secondary N) is 2. The van der Waals surface area contributed by atoms with Crippen LogP contribution in [0.2, 0.25) is 0 Å².